The maximum absolute atomic E-state index is 12.3. The smallest absolute Gasteiger partial charge is 0.306 e. The summed E-state index contributed by atoms with van der Waals surface area (Å²) in [4.78, 5) is 12.3. The summed E-state index contributed by atoms with van der Waals surface area (Å²) in [7, 11) is 0. The van der Waals surface area contributed by atoms with Crippen LogP contribution in [0.1, 0.15) is 66.7 Å². The Morgan fingerprint density at radius 2 is 1.96 bits per heavy atom. The molecule has 0 bridgehead atoms. The molecule has 2 saturated heterocycles. The van der Waals surface area contributed by atoms with E-state index in [0.29, 0.717) is 12.8 Å². The Kier molecular flexibility index (Phi) is 3.97. The summed E-state index contributed by atoms with van der Waals surface area (Å²) in [6.07, 6.45) is 5.20. The molecule has 4 heteroatoms. The number of hydrogen-bond acceptors (Lipinski definition) is 4. The van der Waals surface area contributed by atoms with Crippen LogP contribution in [0.4, 0.5) is 0 Å². The Morgan fingerprint density at radius 1 is 1.29 bits per heavy atom. The van der Waals surface area contributed by atoms with Gasteiger partial charge in [0.25, 0.3) is 0 Å². The van der Waals surface area contributed by atoms with Gasteiger partial charge in [-0.25, -0.2) is 0 Å². The predicted octanol–water partition coefficient (Wildman–Crippen LogP) is 3.62. The molecular weight excluding hydrogens is 304 g/mol. The highest BCUT2D eigenvalue weighted by Gasteiger charge is 2.65. The molecule has 0 aromatic rings. The highest BCUT2D eigenvalue weighted by molar-refractivity contribution is 5.70. The van der Waals surface area contributed by atoms with Crippen LogP contribution in [0.2, 0.25) is 0 Å². The second kappa shape index (κ2) is 5.31. The molecule has 1 N–H and O–H groups in total. The molecule has 2 aliphatic heterocycles. The first-order valence-corrected chi connectivity index (χ1v) is 9.19. The lowest BCUT2D eigenvalue weighted by Crippen LogP contribution is -2.66. The normalized spacial score (nSPS) is 48.9. The van der Waals surface area contributed by atoms with Crippen molar-refractivity contribution in [1.82, 2.24) is 0 Å². The molecule has 3 aliphatic rings. The SMILES string of the molecule is C=C[C@@]1(C)C[C@@H]2OC(=O)CC[C@]3(C)[C@@H](C(C)(C)O)CC[C@](C)(O1)[C@@H]23. The van der Waals surface area contributed by atoms with Crippen LogP contribution in [0.5, 0.6) is 0 Å². The van der Waals surface area contributed by atoms with Gasteiger partial charge < -0.3 is 14.6 Å². The van der Waals surface area contributed by atoms with Crippen LogP contribution in [0.25, 0.3) is 0 Å². The number of carbonyl (C=O) groups excluding carboxylic acids is 1. The second-order valence-electron chi connectivity index (χ2n) is 9.39. The topological polar surface area (TPSA) is 55.8 Å². The maximum atomic E-state index is 12.3. The molecule has 2 heterocycles. The molecule has 3 fully saturated rings. The van der Waals surface area contributed by atoms with Gasteiger partial charge in [-0.05, 0) is 58.3 Å². The lowest BCUT2D eigenvalue weighted by molar-refractivity contribution is -0.279. The fourth-order valence-corrected chi connectivity index (χ4v) is 6.18. The van der Waals surface area contributed by atoms with E-state index in [2.05, 4.69) is 20.4 Å². The van der Waals surface area contributed by atoms with Gasteiger partial charge in [-0.3, -0.25) is 4.79 Å². The molecule has 6 atom stereocenters. The van der Waals surface area contributed by atoms with Crippen molar-refractivity contribution in [2.24, 2.45) is 17.3 Å². The summed E-state index contributed by atoms with van der Waals surface area (Å²) in [6, 6.07) is 0. The molecule has 3 rings (SSSR count). The number of aliphatic hydroxyl groups is 1. The van der Waals surface area contributed by atoms with Gasteiger partial charge in [0.05, 0.1) is 16.8 Å². The van der Waals surface area contributed by atoms with Crippen molar-refractivity contribution in [1.29, 1.82) is 0 Å². The third-order valence-electron chi connectivity index (χ3n) is 6.97. The molecule has 0 unspecified atom stereocenters. The van der Waals surface area contributed by atoms with E-state index in [1.54, 1.807) is 0 Å². The van der Waals surface area contributed by atoms with Crippen molar-refractivity contribution in [3.8, 4) is 0 Å². The van der Waals surface area contributed by atoms with Gasteiger partial charge in [0.1, 0.15) is 6.10 Å². The van der Waals surface area contributed by atoms with E-state index in [1.165, 1.54) is 0 Å². The first-order chi connectivity index (χ1) is 10.9. The molecule has 0 spiro atoms. The van der Waals surface area contributed by atoms with Gasteiger partial charge in [0, 0.05) is 18.8 Å². The maximum Gasteiger partial charge on any atom is 0.306 e. The lowest BCUT2D eigenvalue weighted by atomic mass is 9.49. The molecular formula is C20H32O4. The van der Waals surface area contributed by atoms with Crippen LogP contribution in [-0.4, -0.2) is 34.0 Å². The quantitative estimate of drug-likeness (QED) is 0.618. The number of hydrogen-bond donors (Lipinski definition) is 1. The van der Waals surface area contributed by atoms with Gasteiger partial charge in [0.2, 0.25) is 0 Å². The molecule has 0 aromatic heterocycles. The van der Waals surface area contributed by atoms with Gasteiger partial charge in [-0.15, -0.1) is 6.58 Å². The van der Waals surface area contributed by atoms with Crippen molar-refractivity contribution < 1.29 is 19.4 Å². The predicted molar refractivity (Wildman–Crippen MR) is 92.4 cm³/mol. The molecule has 4 nitrogen and oxygen atoms in total. The van der Waals surface area contributed by atoms with Crippen molar-refractivity contribution in [3.63, 3.8) is 0 Å². The molecule has 1 aliphatic carbocycles. The zero-order chi connectivity index (χ0) is 18.0. The summed E-state index contributed by atoms with van der Waals surface area (Å²) in [5.74, 6) is 0.0900. The highest BCUT2D eigenvalue weighted by atomic mass is 16.6. The zero-order valence-electron chi connectivity index (χ0n) is 15.7. The average molecular weight is 336 g/mol. The lowest BCUT2D eigenvalue weighted by Gasteiger charge is -2.63. The summed E-state index contributed by atoms with van der Waals surface area (Å²) in [5.41, 5.74) is -1.83. The minimum Gasteiger partial charge on any atom is -0.462 e. The van der Waals surface area contributed by atoms with Crippen LogP contribution in [0.3, 0.4) is 0 Å². The summed E-state index contributed by atoms with van der Waals surface area (Å²) < 4.78 is 12.5. The highest BCUT2D eigenvalue weighted by Crippen LogP contribution is 2.62. The second-order valence-corrected chi connectivity index (χ2v) is 9.39. The summed E-state index contributed by atoms with van der Waals surface area (Å²) in [5, 5.41) is 10.8. The fraction of sp³-hybridized carbons (Fsp3) is 0.850. The Balaban J connectivity index is 2.10. The monoisotopic (exact) mass is 336 g/mol. The molecule has 0 aromatic carbocycles. The Morgan fingerprint density at radius 3 is 2.54 bits per heavy atom. The number of esters is 1. The van der Waals surface area contributed by atoms with Gasteiger partial charge >= 0.3 is 5.97 Å². The van der Waals surface area contributed by atoms with E-state index in [-0.39, 0.29) is 34.9 Å². The summed E-state index contributed by atoms with van der Waals surface area (Å²) >= 11 is 0. The minimum absolute atomic E-state index is 0.0923. The van der Waals surface area contributed by atoms with Crippen molar-refractivity contribution >= 4 is 5.97 Å². The van der Waals surface area contributed by atoms with Gasteiger partial charge in [-0.1, -0.05) is 13.0 Å². The third kappa shape index (κ3) is 2.62. The number of carbonyl (C=O) groups is 1. The molecule has 136 valence electrons. The van der Waals surface area contributed by atoms with Gasteiger partial charge in [-0.2, -0.15) is 0 Å². The van der Waals surface area contributed by atoms with E-state index in [4.69, 9.17) is 9.47 Å². The molecule has 0 radical (unpaired) electrons. The summed E-state index contributed by atoms with van der Waals surface area (Å²) in [6.45, 7) is 14.1. The first kappa shape index (κ1) is 17.9. The standard InChI is InChI=1S/C20H32O4/c1-7-18(4)12-13-16-19(5,10-9-15(21)23-13)14(17(2,3)22)8-11-20(16,6)24-18/h7,13-14,16,22H,1,8-12H2,2-6H3/t13-,14+,16-,18-,19+,20-/m0/s1. The zero-order valence-corrected chi connectivity index (χ0v) is 15.7. The van der Waals surface area contributed by atoms with Crippen LogP contribution in [0.15, 0.2) is 12.7 Å². The number of rotatable bonds is 2. The fourth-order valence-electron chi connectivity index (χ4n) is 6.18. The third-order valence-corrected chi connectivity index (χ3v) is 6.97. The van der Waals surface area contributed by atoms with Crippen molar-refractivity contribution in [3.05, 3.63) is 12.7 Å². The van der Waals surface area contributed by atoms with Crippen molar-refractivity contribution in [2.45, 2.75) is 89.6 Å². The van der Waals surface area contributed by atoms with Crippen LogP contribution in [-0.2, 0) is 14.3 Å². The first-order valence-electron chi connectivity index (χ1n) is 9.19. The van der Waals surface area contributed by atoms with E-state index in [1.807, 2.05) is 26.8 Å². The van der Waals surface area contributed by atoms with E-state index >= 15 is 0 Å². The Bertz CT molecular complexity index is 550. The largest absolute Gasteiger partial charge is 0.462 e. The van der Waals surface area contributed by atoms with E-state index in [9.17, 15) is 9.90 Å². The van der Waals surface area contributed by atoms with Crippen LogP contribution >= 0.6 is 0 Å². The molecule has 24 heavy (non-hydrogen) atoms. The van der Waals surface area contributed by atoms with Crippen LogP contribution in [0, 0.1) is 17.3 Å². The minimum atomic E-state index is -0.785. The Labute approximate surface area is 145 Å². The van der Waals surface area contributed by atoms with Crippen molar-refractivity contribution in [2.75, 3.05) is 0 Å². The van der Waals surface area contributed by atoms with Crippen LogP contribution < -0.4 is 0 Å². The van der Waals surface area contributed by atoms with Gasteiger partial charge in [0.15, 0.2) is 0 Å². The number of ether oxygens (including phenoxy) is 2. The van der Waals surface area contributed by atoms with E-state index < -0.39 is 11.2 Å². The average Bonchev–Trinajstić information content (AvgIpc) is 2.54. The van der Waals surface area contributed by atoms with E-state index in [0.717, 1.165) is 19.3 Å². The molecule has 0 amide bonds. The Hall–Kier alpha value is -0.870. The molecule has 1 saturated carbocycles.